The van der Waals surface area contributed by atoms with E-state index in [9.17, 15) is 4.79 Å². The molecule has 0 fully saturated rings. The van der Waals surface area contributed by atoms with Gasteiger partial charge in [0, 0.05) is 23.8 Å². The second kappa shape index (κ2) is 7.45. The molecule has 128 valence electrons. The number of carbonyl (C=O) groups excluding carboxylic acids is 1. The average Bonchev–Trinajstić information content (AvgIpc) is 2.65. The Balaban J connectivity index is 1.68. The fraction of sp³-hybridized carbons (Fsp3) is 0.100. The zero-order valence-corrected chi connectivity index (χ0v) is 14.4. The number of anilines is 3. The fourth-order valence-electron chi connectivity index (χ4n) is 2.42. The molecule has 0 radical (unpaired) electrons. The number of carbonyl (C=O) groups is 1. The molecule has 0 aliphatic carbocycles. The first-order valence-electron chi connectivity index (χ1n) is 8.03. The largest absolute Gasteiger partial charge is 0.324 e. The van der Waals surface area contributed by atoms with E-state index in [1.165, 1.54) is 18.0 Å². The van der Waals surface area contributed by atoms with Crippen LogP contribution in [0.5, 0.6) is 0 Å². The minimum absolute atomic E-state index is 0.312. The molecule has 2 aromatic carbocycles. The Morgan fingerprint density at radius 3 is 2.35 bits per heavy atom. The average molecular weight is 343 g/mol. The zero-order chi connectivity index (χ0) is 18.5. The van der Waals surface area contributed by atoms with Crippen LogP contribution in [0, 0.1) is 25.2 Å². The van der Waals surface area contributed by atoms with Crippen molar-refractivity contribution < 1.29 is 4.79 Å². The Bertz CT molecular complexity index is 973. The van der Waals surface area contributed by atoms with E-state index in [-0.39, 0.29) is 5.91 Å². The Labute approximate surface area is 151 Å². The molecular formula is C20H17N5O. The van der Waals surface area contributed by atoms with Crippen molar-refractivity contribution in [3.8, 4) is 6.07 Å². The van der Waals surface area contributed by atoms with Gasteiger partial charge in [-0.2, -0.15) is 5.26 Å². The highest BCUT2D eigenvalue weighted by atomic mass is 16.1. The number of rotatable bonds is 4. The highest BCUT2D eigenvalue weighted by molar-refractivity contribution is 6.03. The molecule has 1 aromatic heterocycles. The van der Waals surface area contributed by atoms with Gasteiger partial charge in [-0.15, -0.1) is 0 Å². The van der Waals surface area contributed by atoms with Crippen molar-refractivity contribution in [3.63, 3.8) is 0 Å². The van der Waals surface area contributed by atoms with Gasteiger partial charge < -0.3 is 10.6 Å². The summed E-state index contributed by atoms with van der Waals surface area (Å²) in [6.07, 6.45) is 2.94. The van der Waals surface area contributed by atoms with Gasteiger partial charge in [-0.1, -0.05) is 17.7 Å². The van der Waals surface area contributed by atoms with Crippen LogP contribution in [0.2, 0.25) is 0 Å². The third kappa shape index (κ3) is 4.02. The molecule has 26 heavy (non-hydrogen) atoms. The summed E-state index contributed by atoms with van der Waals surface area (Å²) in [5.74, 6) is 0.111. The van der Waals surface area contributed by atoms with Crippen LogP contribution in [-0.2, 0) is 0 Å². The number of hydrogen-bond acceptors (Lipinski definition) is 5. The molecule has 3 rings (SSSR count). The fourth-order valence-corrected chi connectivity index (χ4v) is 2.42. The number of nitrogens with one attached hydrogen (secondary N) is 2. The Morgan fingerprint density at radius 2 is 1.73 bits per heavy atom. The monoisotopic (exact) mass is 343 g/mol. The topological polar surface area (TPSA) is 90.7 Å². The Morgan fingerprint density at radius 1 is 1.04 bits per heavy atom. The number of nitriles is 1. The van der Waals surface area contributed by atoms with E-state index in [1.807, 2.05) is 32.0 Å². The first kappa shape index (κ1) is 17.1. The molecule has 6 nitrogen and oxygen atoms in total. The summed E-state index contributed by atoms with van der Waals surface area (Å²) in [7, 11) is 0. The molecule has 3 aromatic rings. The number of aromatic nitrogens is 2. The van der Waals surface area contributed by atoms with E-state index in [1.54, 1.807) is 24.3 Å². The molecule has 1 amide bonds. The van der Waals surface area contributed by atoms with Crippen LogP contribution in [-0.4, -0.2) is 15.9 Å². The SMILES string of the molecule is Cc1ccc(Nc2ncc(C(=O)Nc3ccc(C#N)cc3)cn2)c(C)c1. The predicted molar refractivity (Wildman–Crippen MR) is 100 cm³/mol. The zero-order valence-electron chi connectivity index (χ0n) is 14.4. The van der Waals surface area contributed by atoms with Crippen molar-refractivity contribution in [2.45, 2.75) is 13.8 Å². The van der Waals surface area contributed by atoms with Gasteiger partial charge in [0.15, 0.2) is 0 Å². The highest BCUT2D eigenvalue weighted by Gasteiger charge is 2.08. The van der Waals surface area contributed by atoms with E-state index < -0.39 is 0 Å². The van der Waals surface area contributed by atoms with Crippen molar-refractivity contribution in [2.24, 2.45) is 0 Å². The Kier molecular flexibility index (Phi) is 4.90. The van der Waals surface area contributed by atoms with Crippen LogP contribution in [0.15, 0.2) is 54.9 Å². The maximum atomic E-state index is 12.3. The molecule has 0 saturated carbocycles. The first-order chi connectivity index (χ1) is 12.5. The lowest BCUT2D eigenvalue weighted by atomic mass is 10.1. The maximum Gasteiger partial charge on any atom is 0.258 e. The van der Waals surface area contributed by atoms with Gasteiger partial charge in [-0.05, 0) is 49.7 Å². The molecule has 0 atom stereocenters. The molecule has 6 heteroatoms. The number of nitrogens with zero attached hydrogens (tertiary/aromatic N) is 3. The third-order valence-electron chi connectivity index (χ3n) is 3.81. The summed E-state index contributed by atoms with van der Waals surface area (Å²) in [5.41, 5.74) is 4.69. The summed E-state index contributed by atoms with van der Waals surface area (Å²) in [5, 5.41) is 14.7. The molecule has 0 bridgehead atoms. The maximum absolute atomic E-state index is 12.3. The lowest BCUT2D eigenvalue weighted by molar-refractivity contribution is 0.102. The highest BCUT2D eigenvalue weighted by Crippen LogP contribution is 2.19. The van der Waals surface area contributed by atoms with E-state index in [4.69, 9.17) is 5.26 Å². The van der Waals surface area contributed by atoms with Crippen LogP contribution >= 0.6 is 0 Å². The number of aryl methyl sites for hydroxylation is 2. The van der Waals surface area contributed by atoms with E-state index in [0.717, 1.165) is 11.3 Å². The standard InChI is InChI=1S/C20H17N5O/c1-13-3-8-18(14(2)9-13)25-20-22-11-16(12-23-20)19(26)24-17-6-4-15(10-21)5-7-17/h3-9,11-12H,1-2H3,(H,24,26)(H,22,23,25). The minimum Gasteiger partial charge on any atom is -0.324 e. The summed E-state index contributed by atoms with van der Waals surface area (Å²) in [6.45, 7) is 4.04. The molecule has 0 aliphatic rings. The third-order valence-corrected chi connectivity index (χ3v) is 3.81. The predicted octanol–water partition coefficient (Wildman–Crippen LogP) is 3.96. The van der Waals surface area contributed by atoms with Crippen LogP contribution in [0.4, 0.5) is 17.3 Å². The van der Waals surface area contributed by atoms with Crippen LogP contribution in [0.1, 0.15) is 27.0 Å². The molecule has 0 spiro atoms. The van der Waals surface area contributed by atoms with Gasteiger partial charge in [0.05, 0.1) is 17.2 Å². The second-order valence-electron chi connectivity index (χ2n) is 5.88. The van der Waals surface area contributed by atoms with Crippen molar-refractivity contribution in [2.75, 3.05) is 10.6 Å². The molecule has 0 unspecified atom stereocenters. The smallest absolute Gasteiger partial charge is 0.258 e. The van der Waals surface area contributed by atoms with Gasteiger partial charge >= 0.3 is 0 Å². The molecule has 1 heterocycles. The lowest BCUT2D eigenvalue weighted by Gasteiger charge is -2.09. The van der Waals surface area contributed by atoms with Crippen molar-refractivity contribution in [1.82, 2.24) is 9.97 Å². The molecular weight excluding hydrogens is 326 g/mol. The van der Waals surface area contributed by atoms with Gasteiger partial charge in [-0.3, -0.25) is 4.79 Å². The van der Waals surface area contributed by atoms with Crippen molar-refractivity contribution in [1.29, 1.82) is 5.26 Å². The van der Waals surface area contributed by atoms with Crippen LogP contribution in [0.3, 0.4) is 0 Å². The number of hydrogen-bond donors (Lipinski definition) is 2. The van der Waals surface area contributed by atoms with Gasteiger partial charge in [0.25, 0.3) is 5.91 Å². The quantitative estimate of drug-likeness (QED) is 0.748. The Hall–Kier alpha value is -3.72. The summed E-state index contributed by atoms with van der Waals surface area (Å²) >= 11 is 0. The number of amides is 1. The van der Waals surface area contributed by atoms with Crippen LogP contribution < -0.4 is 10.6 Å². The summed E-state index contributed by atoms with van der Waals surface area (Å²) < 4.78 is 0. The summed E-state index contributed by atoms with van der Waals surface area (Å²) in [6, 6.07) is 14.7. The molecule has 0 aliphatic heterocycles. The van der Waals surface area contributed by atoms with Gasteiger partial charge in [0.1, 0.15) is 0 Å². The molecule has 0 saturated heterocycles. The van der Waals surface area contributed by atoms with Gasteiger partial charge in [0.2, 0.25) is 5.95 Å². The lowest BCUT2D eigenvalue weighted by Crippen LogP contribution is -2.13. The van der Waals surface area contributed by atoms with E-state index in [2.05, 4.69) is 26.7 Å². The van der Waals surface area contributed by atoms with Gasteiger partial charge in [-0.25, -0.2) is 9.97 Å². The normalized spacial score (nSPS) is 10.0. The van der Waals surface area contributed by atoms with E-state index >= 15 is 0 Å². The minimum atomic E-state index is -0.312. The molecule has 2 N–H and O–H groups in total. The second-order valence-corrected chi connectivity index (χ2v) is 5.88. The number of benzene rings is 2. The summed E-state index contributed by atoms with van der Waals surface area (Å²) in [4.78, 5) is 20.7. The van der Waals surface area contributed by atoms with Crippen molar-refractivity contribution >= 4 is 23.2 Å². The van der Waals surface area contributed by atoms with Crippen molar-refractivity contribution in [3.05, 3.63) is 77.1 Å². The van der Waals surface area contributed by atoms with Crippen LogP contribution in [0.25, 0.3) is 0 Å². The van der Waals surface area contributed by atoms with E-state index in [0.29, 0.717) is 22.8 Å². The first-order valence-corrected chi connectivity index (χ1v) is 8.03.